The van der Waals surface area contributed by atoms with Crippen LogP contribution in [0.5, 0.6) is 17.2 Å². The third kappa shape index (κ3) is 9.82. The number of hydrogen-bond acceptors (Lipinski definition) is 11. The van der Waals surface area contributed by atoms with Gasteiger partial charge in [0.05, 0.1) is 57.1 Å². The van der Waals surface area contributed by atoms with E-state index in [0.29, 0.717) is 59.0 Å². The number of ether oxygens (including phenoxy) is 4. The first-order valence-electron chi connectivity index (χ1n) is 27.0. The van der Waals surface area contributed by atoms with Crippen molar-refractivity contribution in [3.63, 3.8) is 0 Å². The number of nitrogens with one attached hydrogen (secondary N) is 1. The molecule has 0 radical (unpaired) electrons. The number of morpholine rings is 1. The first kappa shape index (κ1) is 53.3. The average Bonchev–Trinajstić information content (AvgIpc) is 1.91. The molecule has 4 heterocycles. The van der Waals surface area contributed by atoms with Crippen LogP contribution in [0.1, 0.15) is 81.2 Å². The zero-order valence-electron chi connectivity index (χ0n) is 45.2. The lowest BCUT2D eigenvalue weighted by molar-refractivity contribution is -0.179. The number of imide groups is 1. The summed E-state index contributed by atoms with van der Waals surface area (Å²) in [6.07, 6.45) is -0.476. The molecule has 7 aromatic rings. The van der Waals surface area contributed by atoms with E-state index in [4.69, 9.17) is 18.9 Å². The first-order valence-corrected chi connectivity index (χ1v) is 27.0. The van der Waals surface area contributed by atoms with Gasteiger partial charge in [-0.25, -0.2) is 9.69 Å². The van der Waals surface area contributed by atoms with Gasteiger partial charge in [0.25, 0.3) is 0 Å². The highest BCUT2D eigenvalue weighted by Gasteiger charge is 2.76. The molecule has 0 saturated carbocycles. The summed E-state index contributed by atoms with van der Waals surface area (Å²) in [5.74, 6) is 4.92. The minimum absolute atomic E-state index is 0.0407. The zero-order valence-corrected chi connectivity index (χ0v) is 45.2. The lowest BCUT2D eigenvalue weighted by Crippen LogP contribution is -2.57. The molecular formula is C66H63N5O9. The Labute approximate surface area is 466 Å². The smallest absolute Gasteiger partial charge is 0.329 e. The van der Waals surface area contributed by atoms with Crippen molar-refractivity contribution in [2.75, 3.05) is 52.5 Å². The van der Waals surface area contributed by atoms with Crippen LogP contribution in [0.15, 0.2) is 176 Å². The maximum atomic E-state index is 17.1. The number of carbonyl (C=O) groups is 4. The summed E-state index contributed by atoms with van der Waals surface area (Å²) in [5, 5.41) is 12.9. The van der Waals surface area contributed by atoms with Crippen LogP contribution in [0.2, 0.25) is 0 Å². The number of fused-ring (bicyclic) bond motifs is 4. The molecular weight excluding hydrogens is 1010 g/mol. The number of amides is 4. The second-order valence-electron chi connectivity index (χ2n) is 20.8. The number of urea groups is 1. The molecule has 4 aliphatic heterocycles. The zero-order chi connectivity index (χ0) is 55.5. The molecule has 11 rings (SSSR count). The van der Waals surface area contributed by atoms with Gasteiger partial charge >= 0.3 is 12.0 Å². The van der Waals surface area contributed by atoms with Gasteiger partial charge in [0.2, 0.25) is 11.8 Å². The van der Waals surface area contributed by atoms with E-state index in [1.807, 2.05) is 158 Å². The van der Waals surface area contributed by atoms with E-state index in [1.165, 1.54) is 4.90 Å². The number of carbonyl (C=O) groups excluding carboxylic acids is 4. The number of benzene rings is 7. The molecule has 14 nitrogen and oxygen atoms in total. The van der Waals surface area contributed by atoms with E-state index in [1.54, 1.807) is 43.4 Å². The minimum atomic E-state index is -2.02. The molecule has 0 bridgehead atoms. The highest BCUT2D eigenvalue weighted by molar-refractivity contribution is 6.24. The Morgan fingerprint density at radius 3 is 2.08 bits per heavy atom. The lowest BCUT2D eigenvalue weighted by Gasteiger charge is -2.46. The summed E-state index contributed by atoms with van der Waals surface area (Å²) in [5.41, 5.74) is 4.96. The number of aliphatic hydroxyl groups is 1. The van der Waals surface area contributed by atoms with Crippen LogP contribution < -0.4 is 24.4 Å². The largest absolute Gasteiger partial charge is 0.493 e. The van der Waals surface area contributed by atoms with Gasteiger partial charge in [-0.05, 0) is 107 Å². The molecule has 7 atom stereocenters. The van der Waals surface area contributed by atoms with E-state index >= 15 is 19.2 Å². The van der Waals surface area contributed by atoms with Gasteiger partial charge in [0, 0.05) is 25.2 Å². The number of esters is 1. The number of nitrogens with zero attached hydrogens (tertiary/aromatic N) is 4. The normalized spacial score (nSPS) is 21.4. The van der Waals surface area contributed by atoms with Gasteiger partial charge in [-0.15, -0.1) is 0 Å². The average molecular weight is 1070 g/mol. The van der Waals surface area contributed by atoms with Crippen LogP contribution >= 0.6 is 0 Å². The van der Waals surface area contributed by atoms with Gasteiger partial charge in [-0.1, -0.05) is 145 Å². The molecule has 4 amide bonds. The highest BCUT2D eigenvalue weighted by Crippen LogP contribution is 2.66. The molecule has 2 fully saturated rings. The van der Waals surface area contributed by atoms with Crippen molar-refractivity contribution in [2.45, 2.75) is 62.1 Å². The maximum absolute atomic E-state index is 17.1. The Morgan fingerprint density at radius 1 is 0.775 bits per heavy atom. The molecule has 2 saturated heterocycles. The topological polar surface area (TPSA) is 150 Å². The summed E-state index contributed by atoms with van der Waals surface area (Å²) in [7, 11) is 5.14. The summed E-state index contributed by atoms with van der Waals surface area (Å²) >= 11 is 0. The number of hydrogen-bond donors (Lipinski definition) is 2. The van der Waals surface area contributed by atoms with Gasteiger partial charge in [-0.3, -0.25) is 24.2 Å². The first-order chi connectivity index (χ1) is 39.0. The van der Waals surface area contributed by atoms with Crippen LogP contribution in [0.4, 0.5) is 10.5 Å². The number of rotatable bonds is 14. The Balaban J connectivity index is 1.16. The molecule has 0 unspecified atom stereocenters. The summed E-state index contributed by atoms with van der Waals surface area (Å²) in [4.78, 5) is 72.2. The molecule has 0 aromatic heterocycles. The molecule has 0 aliphatic carbocycles. The van der Waals surface area contributed by atoms with E-state index in [9.17, 15) is 5.11 Å². The Bertz CT molecular complexity index is 3460. The van der Waals surface area contributed by atoms with E-state index < -0.39 is 65.4 Å². The Kier molecular flexibility index (Phi) is 15.3. The fraction of sp³-hybridized carbons (Fsp3) is 0.273. The second kappa shape index (κ2) is 22.9. The number of anilines is 1. The third-order valence-corrected chi connectivity index (χ3v) is 16.0. The van der Waals surface area contributed by atoms with Crippen LogP contribution in [-0.4, -0.2) is 97.2 Å². The number of cyclic esters (lactones) is 1. The fourth-order valence-electron chi connectivity index (χ4n) is 12.4. The van der Waals surface area contributed by atoms with Gasteiger partial charge in [0.15, 0.2) is 11.5 Å². The Hall–Kier alpha value is -8.74. The number of aliphatic hydroxyl groups excluding tert-OH is 1. The molecule has 2 N–H and O–H groups in total. The summed E-state index contributed by atoms with van der Waals surface area (Å²) in [6, 6.07) is 50.7. The van der Waals surface area contributed by atoms with E-state index in [-0.39, 0.29) is 32.0 Å². The van der Waals surface area contributed by atoms with Crippen molar-refractivity contribution in [3.8, 4) is 29.1 Å². The van der Waals surface area contributed by atoms with Crippen LogP contribution in [0, 0.1) is 17.8 Å². The van der Waals surface area contributed by atoms with Gasteiger partial charge in [-0.2, -0.15) is 0 Å². The Morgan fingerprint density at radius 2 is 1.41 bits per heavy atom. The minimum Gasteiger partial charge on any atom is -0.493 e. The molecule has 7 aromatic carbocycles. The van der Waals surface area contributed by atoms with Crippen molar-refractivity contribution in [1.82, 2.24) is 20.0 Å². The van der Waals surface area contributed by atoms with Crippen molar-refractivity contribution < 1.29 is 43.2 Å². The SMILES string of the molecule is COc1cc2c(cc1OC)CN(C(=O)[C@H]1[C@@H]3C(=O)O[C@@H](c4ccccc4)[C@@H](c4ccccc4)N3[C@@H](c3ccc(OCCO)cc3)[C@]13C(=O)N(C(=O)N[C@H](C)c1ccccc1)c1ccc(C#CCN(C)Cc4ccccc4)cc13)CC2. The predicted molar refractivity (Wildman–Crippen MR) is 303 cm³/mol. The van der Waals surface area contributed by atoms with Crippen molar-refractivity contribution in [2.24, 2.45) is 5.92 Å². The molecule has 14 heteroatoms. The van der Waals surface area contributed by atoms with Gasteiger partial charge < -0.3 is 34.3 Å². The quantitative estimate of drug-likeness (QED) is 0.0793. The van der Waals surface area contributed by atoms with E-state index in [0.717, 1.165) is 27.8 Å². The monoisotopic (exact) mass is 1070 g/mol. The third-order valence-electron chi connectivity index (χ3n) is 16.0. The van der Waals surface area contributed by atoms with Crippen LogP contribution in [0.25, 0.3) is 0 Å². The summed E-state index contributed by atoms with van der Waals surface area (Å²) < 4.78 is 24.1. The fourth-order valence-corrected chi connectivity index (χ4v) is 12.4. The molecule has 1 spiro atoms. The molecule has 80 heavy (non-hydrogen) atoms. The van der Waals surface area contributed by atoms with Crippen LogP contribution in [-0.2, 0) is 44.0 Å². The second-order valence-corrected chi connectivity index (χ2v) is 20.8. The van der Waals surface area contributed by atoms with Gasteiger partial charge in [0.1, 0.15) is 29.9 Å². The lowest BCUT2D eigenvalue weighted by atomic mass is 9.64. The highest BCUT2D eigenvalue weighted by atomic mass is 16.6. The molecule has 406 valence electrons. The van der Waals surface area contributed by atoms with E-state index in [2.05, 4.69) is 34.2 Å². The molecule has 4 aliphatic rings. The van der Waals surface area contributed by atoms with Crippen molar-refractivity contribution >= 4 is 29.5 Å². The van der Waals surface area contributed by atoms with Crippen LogP contribution in [0.3, 0.4) is 0 Å². The summed E-state index contributed by atoms with van der Waals surface area (Å²) in [6.45, 7) is 3.13. The maximum Gasteiger partial charge on any atom is 0.329 e. The van der Waals surface area contributed by atoms with Crippen molar-refractivity contribution in [1.29, 1.82) is 0 Å². The standard InChI is InChI=1S/C66H63N5O9/c1-43(46-21-11-6-12-22-46)67-65(76)70-54-32-27-44(20-17-34-68(2)41-45-18-9-5-10-19-45)38-53(54)66(64(70)75)57(62(73)69-35-33-50-39-55(77-3)56(78-4)40-51(50)42-69)59-63(74)80-60(48-25-15-8-16-26-48)58(47-23-13-7-14-24-47)71(59)61(66)49-28-30-52(31-29-49)79-37-36-72/h5-16,18-19,21-32,38-40,43,57-61,72H,33-37,41-42H2,1-4H3,(H,67,76)/t43-,57-,58-,59-,60+,61+,66-/m1/s1. The van der Waals surface area contributed by atoms with Crippen molar-refractivity contribution in [3.05, 3.63) is 226 Å². The number of methoxy groups -OCH3 is 2. The predicted octanol–water partition coefficient (Wildman–Crippen LogP) is 9.28.